The normalized spacial score (nSPS) is 15.9. The number of hydrogen-bond acceptors (Lipinski definition) is 7. The van der Waals surface area contributed by atoms with Crippen LogP contribution in [0.4, 0.5) is 17.2 Å². The number of pyridine rings is 1. The van der Waals surface area contributed by atoms with Gasteiger partial charge in [-0.25, -0.2) is 14.3 Å². The van der Waals surface area contributed by atoms with Gasteiger partial charge in [0, 0.05) is 43.3 Å². The van der Waals surface area contributed by atoms with Crippen LogP contribution in [0.3, 0.4) is 0 Å². The van der Waals surface area contributed by atoms with Crippen LogP contribution in [0.25, 0.3) is 16.6 Å². The molecule has 5 rings (SSSR count). The van der Waals surface area contributed by atoms with Gasteiger partial charge < -0.3 is 24.8 Å². The molecule has 1 unspecified atom stereocenters. The number of halogens is 2. The van der Waals surface area contributed by atoms with Crippen LogP contribution in [0.2, 0.25) is 10.0 Å². The number of nitrogens with one attached hydrogen (secondary N) is 3. The molecule has 4 aromatic rings. The van der Waals surface area contributed by atoms with Crippen molar-refractivity contribution >= 4 is 51.3 Å². The summed E-state index contributed by atoms with van der Waals surface area (Å²) in [6, 6.07) is 14.8. The van der Waals surface area contributed by atoms with Crippen LogP contribution < -0.4 is 21.4 Å². The van der Waals surface area contributed by atoms with Crippen molar-refractivity contribution in [2.45, 2.75) is 6.10 Å². The van der Waals surface area contributed by atoms with E-state index in [-0.39, 0.29) is 27.3 Å². The molecule has 37 heavy (non-hydrogen) atoms. The number of nitrogens with zero attached hydrogens (tertiary/aromatic N) is 4. The van der Waals surface area contributed by atoms with E-state index in [1.807, 2.05) is 12.1 Å². The Morgan fingerprint density at radius 1 is 1.19 bits per heavy atom. The van der Waals surface area contributed by atoms with Gasteiger partial charge >= 0.3 is 5.69 Å². The second-order valence-electron chi connectivity index (χ2n) is 9.17. The van der Waals surface area contributed by atoms with Crippen molar-refractivity contribution in [2.24, 2.45) is 0 Å². The molecule has 0 saturated carbocycles. The second-order valence-corrected chi connectivity index (χ2v) is 9.99. The number of fused-ring (bicyclic) bond motifs is 1. The lowest BCUT2D eigenvalue weighted by atomic mass is 10.2. The fraction of sp³-hybridized carbons (Fsp3) is 0.269. The van der Waals surface area contributed by atoms with Crippen molar-refractivity contribution in [3.63, 3.8) is 0 Å². The lowest BCUT2D eigenvalue weighted by Crippen LogP contribution is -2.46. The molecule has 1 aliphatic rings. The zero-order valence-corrected chi connectivity index (χ0v) is 22.0. The fourth-order valence-corrected chi connectivity index (χ4v) is 5.07. The molecule has 1 saturated heterocycles. The van der Waals surface area contributed by atoms with E-state index >= 15 is 0 Å². The van der Waals surface area contributed by atoms with Gasteiger partial charge in [-0.3, -0.25) is 5.41 Å². The van der Waals surface area contributed by atoms with E-state index in [2.05, 4.69) is 51.3 Å². The third-order valence-electron chi connectivity index (χ3n) is 6.20. The van der Waals surface area contributed by atoms with Gasteiger partial charge in [0.15, 0.2) is 0 Å². The summed E-state index contributed by atoms with van der Waals surface area (Å²) in [6.07, 6.45) is 1.73. The fourth-order valence-electron chi connectivity index (χ4n) is 4.50. The Kier molecular flexibility index (Phi) is 7.21. The largest absolute Gasteiger partial charge is 0.373 e. The third-order valence-corrected chi connectivity index (χ3v) is 6.81. The minimum absolute atomic E-state index is 0.0600. The SMILES string of the molecule is CN(C)CC1CN(c2ccc(Nc3cc4[nH]c(=O)n(-c5c(Cl)cccc5Cl)c(=N)c4cn3)cc2)CCO1. The van der Waals surface area contributed by atoms with Gasteiger partial charge in [-0.2, -0.15) is 0 Å². The van der Waals surface area contributed by atoms with Gasteiger partial charge in [-0.1, -0.05) is 29.3 Å². The number of anilines is 3. The molecule has 0 spiro atoms. The van der Waals surface area contributed by atoms with Crippen LogP contribution in [0, 0.1) is 5.41 Å². The number of morpholine rings is 1. The van der Waals surface area contributed by atoms with Crippen molar-refractivity contribution < 1.29 is 4.74 Å². The average Bonchev–Trinajstić information content (AvgIpc) is 2.86. The quantitative estimate of drug-likeness (QED) is 0.342. The highest BCUT2D eigenvalue weighted by atomic mass is 35.5. The molecule has 2 aromatic heterocycles. The number of likely N-dealkylation sites (N-methyl/N-ethyl adjacent to an activating group) is 1. The van der Waals surface area contributed by atoms with E-state index in [1.54, 1.807) is 30.5 Å². The number of H-pyrrole nitrogens is 1. The summed E-state index contributed by atoms with van der Waals surface area (Å²) in [6.45, 7) is 3.29. The predicted octanol–water partition coefficient (Wildman–Crippen LogP) is 4.01. The van der Waals surface area contributed by atoms with E-state index in [4.69, 9.17) is 33.3 Å². The first-order chi connectivity index (χ1) is 17.8. The van der Waals surface area contributed by atoms with Gasteiger partial charge in [0.2, 0.25) is 0 Å². The van der Waals surface area contributed by atoms with Crippen molar-refractivity contribution in [1.82, 2.24) is 19.4 Å². The number of para-hydroxylation sites is 1. The molecule has 3 heterocycles. The maximum Gasteiger partial charge on any atom is 0.332 e. The van der Waals surface area contributed by atoms with Gasteiger partial charge in [0.05, 0.1) is 39.3 Å². The first-order valence-corrected chi connectivity index (χ1v) is 12.6. The Balaban J connectivity index is 1.37. The van der Waals surface area contributed by atoms with E-state index in [0.29, 0.717) is 23.3 Å². The average molecular weight is 540 g/mol. The molecular weight excluding hydrogens is 513 g/mol. The lowest BCUT2D eigenvalue weighted by Gasteiger charge is -2.35. The van der Waals surface area contributed by atoms with Gasteiger partial charge in [0.1, 0.15) is 11.3 Å². The number of aromatic nitrogens is 3. The molecule has 0 bridgehead atoms. The molecule has 1 aliphatic heterocycles. The highest BCUT2D eigenvalue weighted by molar-refractivity contribution is 6.37. The number of aromatic amines is 1. The van der Waals surface area contributed by atoms with Crippen molar-refractivity contribution in [3.8, 4) is 5.69 Å². The van der Waals surface area contributed by atoms with Crippen LogP contribution in [-0.4, -0.2) is 65.9 Å². The van der Waals surface area contributed by atoms with Crippen molar-refractivity contribution in [2.75, 3.05) is 50.6 Å². The summed E-state index contributed by atoms with van der Waals surface area (Å²) in [5.74, 6) is 0.543. The Bertz CT molecular complexity index is 1530. The van der Waals surface area contributed by atoms with Crippen LogP contribution in [0.15, 0.2) is 59.5 Å². The smallest absolute Gasteiger partial charge is 0.332 e. The third kappa shape index (κ3) is 5.35. The Hall–Kier alpha value is -3.37. The Labute approximate surface area is 223 Å². The maximum atomic E-state index is 12.9. The molecule has 11 heteroatoms. The minimum atomic E-state index is -0.521. The summed E-state index contributed by atoms with van der Waals surface area (Å²) < 4.78 is 7.03. The first-order valence-electron chi connectivity index (χ1n) is 11.8. The Morgan fingerprint density at radius 2 is 1.92 bits per heavy atom. The van der Waals surface area contributed by atoms with Gasteiger partial charge in [-0.15, -0.1) is 0 Å². The van der Waals surface area contributed by atoms with E-state index in [1.165, 1.54) is 0 Å². The van der Waals surface area contributed by atoms with E-state index in [9.17, 15) is 4.79 Å². The van der Waals surface area contributed by atoms with E-state index < -0.39 is 5.69 Å². The summed E-state index contributed by atoms with van der Waals surface area (Å²) in [5, 5.41) is 12.9. The molecule has 9 nitrogen and oxygen atoms in total. The van der Waals surface area contributed by atoms with Crippen LogP contribution in [0.1, 0.15) is 0 Å². The number of benzene rings is 2. The highest BCUT2D eigenvalue weighted by Gasteiger charge is 2.21. The number of ether oxygens (including phenoxy) is 1. The van der Waals surface area contributed by atoms with Crippen molar-refractivity contribution in [1.29, 1.82) is 5.41 Å². The summed E-state index contributed by atoms with van der Waals surface area (Å²) in [7, 11) is 4.10. The Morgan fingerprint density at radius 3 is 2.62 bits per heavy atom. The topological polar surface area (TPSA) is 102 Å². The molecule has 1 atom stereocenters. The molecule has 0 amide bonds. The molecule has 0 aliphatic carbocycles. The van der Waals surface area contributed by atoms with Gasteiger partial charge in [-0.05, 0) is 50.5 Å². The predicted molar refractivity (Wildman–Crippen MR) is 148 cm³/mol. The zero-order chi connectivity index (χ0) is 26.1. The molecule has 3 N–H and O–H groups in total. The molecule has 0 radical (unpaired) electrons. The minimum Gasteiger partial charge on any atom is -0.373 e. The highest BCUT2D eigenvalue weighted by Crippen LogP contribution is 2.27. The molecular formula is C26H27Cl2N7O2. The lowest BCUT2D eigenvalue weighted by molar-refractivity contribution is 0.0248. The standard InChI is InChI=1S/C26H27Cl2N7O2/c1-33(2)14-18-15-34(10-11-37-18)17-8-6-16(7-9-17)31-23-12-22-19(13-30-23)25(29)35(26(36)32-22)24-20(27)4-3-5-21(24)28/h3-9,12-13,18,29H,10-11,14-15H2,1-2H3,(H,30,31)(H,32,36). The summed E-state index contributed by atoms with van der Waals surface area (Å²) in [5.41, 5.74) is 2.15. The second kappa shape index (κ2) is 10.5. The summed E-state index contributed by atoms with van der Waals surface area (Å²) >= 11 is 12.6. The van der Waals surface area contributed by atoms with Crippen molar-refractivity contribution in [3.05, 3.63) is 80.7 Å². The van der Waals surface area contributed by atoms with Crippen LogP contribution in [0.5, 0.6) is 0 Å². The molecule has 2 aromatic carbocycles. The van der Waals surface area contributed by atoms with Gasteiger partial charge in [0.25, 0.3) is 0 Å². The summed E-state index contributed by atoms with van der Waals surface area (Å²) in [4.78, 5) is 24.7. The maximum absolute atomic E-state index is 12.9. The number of hydrogen-bond donors (Lipinski definition) is 3. The van der Waals surface area contributed by atoms with E-state index in [0.717, 1.165) is 35.6 Å². The molecule has 1 fully saturated rings. The van der Waals surface area contributed by atoms with Crippen LogP contribution >= 0.6 is 23.2 Å². The zero-order valence-electron chi connectivity index (χ0n) is 20.5. The first kappa shape index (κ1) is 25.3. The monoisotopic (exact) mass is 539 g/mol. The van der Waals surface area contributed by atoms with Crippen LogP contribution in [-0.2, 0) is 4.74 Å². The molecule has 192 valence electrons. The number of rotatable bonds is 6.